The van der Waals surface area contributed by atoms with Crippen LogP contribution in [0.2, 0.25) is 0 Å². The molecule has 23 heavy (non-hydrogen) atoms. The van der Waals surface area contributed by atoms with Crippen molar-refractivity contribution in [2.75, 3.05) is 0 Å². The van der Waals surface area contributed by atoms with Crippen molar-refractivity contribution in [3.63, 3.8) is 0 Å². The number of halogens is 3. The highest BCUT2D eigenvalue weighted by molar-refractivity contribution is 5.97. The topological polar surface area (TPSA) is 72.2 Å². The van der Waals surface area contributed by atoms with Crippen molar-refractivity contribution < 1.29 is 22.8 Å². The van der Waals surface area contributed by atoms with Gasteiger partial charge in [0, 0.05) is 12.5 Å². The van der Waals surface area contributed by atoms with E-state index in [1.165, 1.54) is 24.3 Å². The van der Waals surface area contributed by atoms with E-state index in [1.54, 1.807) is 0 Å². The van der Waals surface area contributed by atoms with Crippen LogP contribution in [0.1, 0.15) is 15.9 Å². The molecule has 2 rings (SSSR count). The lowest BCUT2D eigenvalue weighted by Gasteiger charge is -2.16. The highest BCUT2D eigenvalue weighted by atomic mass is 19.1. The minimum Gasteiger partial charge on any atom is -0.368 e. The number of primary amides is 1. The molecule has 0 aliphatic carbocycles. The van der Waals surface area contributed by atoms with Crippen molar-refractivity contribution in [3.8, 4) is 0 Å². The number of rotatable bonds is 5. The average Bonchev–Trinajstić information content (AvgIpc) is 2.48. The summed E-state index contributed by atoms with van der Waals surface area (Å²) in [6.07, 6.45) is 0.0180. The zero-order valence-electron chi connectivity index (χ0n) is 11.9. The van der Waals surface area contributed by atoms with E-state index in [0.717, 1.165) is 12.1 Å². The van der Waals surface area contributed by atoms with Gasteiger partial charge in [0.1, 0.15) is 23.5 Å². The Kier molecular flexibility index (Phi) is 5.00. The van der Waals surface area contributed by atoms with E-state index in [-0.39, 0.29) is 6.42 Å². The first-order chi connectivity index (χ1) is 10.9. The monoisotopic (exact) mass is 322 g/mol. The summed E-state index contributed by atoms with van der Waals surface area (Å²) in [7, 11) is 0. The molecule has 1 atom stereocenters. The quantitative estimate of drug-likeness (QED) is 0.883. The molecule has 2 aromatic carbocycles. The summed E-state index contributed by atoms with van der Waals surface area (Å²) in [5, 5.41) is 2.29. The Morgan fingerprint density at radius 2 is 1.61 bits per heavy atom. The second-order valence-corrected chi connectivity index (χ2v) is 4.88. The molecule has 0 radical (unpaired) electrons. The molecule has 0 aliphatic rings. The molecule has 120 valence electrons. The number of hydrogen-bond acceptors (Lipinski definition) is 2. The van der Waals surface area contributed by atoms with E-state index >= 15 is 0 Å². The van der Waals surface area contributed by atoms with Crippen LogP contribution in [0, 0.1) is 17.5 Å². The molecule has 0 fully saturated rings. The van der Waals surface area contributed by atoms with Gasteiger partial charge in [-0.05, 0) is 29.8 Å². The van der Waals surface area contributed by atoms with Crippen LogP contribution in [0.3, 0.4) is 0 Å². The molecule has 0 saturated carbocycles. The van der Waals surface area contributed by atoms with Gasteiger partial charge in [0.2, 0.25) is 5.91 Å². The lowest BCUT2D eigenvalue weighted by molar-refractivity contribution is -0.119. The van der Waals surface area contributed by atoms with Crippen LogP contribution in [0.25, 0.3) is 0 Å². The normalized spacial score (nSPS) is 11.8. The minimum absolute atomic E-state index is 0.0180. The Morgan fingerprint density at radius 3 is 2.17 bits per heavy atom. The van der Waals surface area contributed by atoms with E-state index in [4.69, 9.17) is 5.73 Å². The van der Waals surface area contributed by atoms with Crippen LogP contribution in [-0.2, 0) is 11.2 Å². The van der Waals surface area contributed by atoms with Crippen molar-refractivity contribution in [2.24, 2.45) is 5.73 Å². The van der Waals surface area contributed by atoms with E-state index in [1.807, 2.05) is 0 Å². The molecule has 0 saturated heterocycles. The largest absolute Gasteiger partial charge is 0.368 e. The maximum atomic E-state index is 13.6. The lowest BCUT2D eigenvalue weighted by atomic mass is 10.0. The molecule has 0 aliphatic heterocycles. The van der Waals surface area contributed by atoms with Gasteiger partial charge < -0.3 is 11.1 Å². The SMILES string of the molecule is NC(=O)[C@@H](Cc1ccc(F)cc1)NC(=O)c1ccc(F)cc1F. The molecule has 3 N–H and O–H groups in total. The van der Waals surface area contributed by atoms with Crippen LogP contribution >= 0.6 is 0 Å². The van der Waals surface area contributed by atoms with Gasteiger partial charge in [-0.25, -0.2) is 13.2 Å². The first kappa shape index (κ1) is 16.5. The fraction of sp³-hybridized carbons (Fsp3) is 0.125. The molecule has 0 unspecified atom stereocenters. The summed E-state index contributed by atoms with van der Waals surface area (Å²) in [5.41, 5.74) is 5.38. The standard InChI is InChI=1S/C16H13F3N2O2/c17-10-3-1-9(2-4-10)7-14(15(20)22)21-16(23)12-6-5-11(18)8-13(12)19/h1-6,8,14H,7H2,(H2,20,22)(H,21,23)/t14-/m1/s1. The third-order valence-electron chi connectivity index (χ3n) is 3.18. The molecular formula is C16H13F3N2O2. The highest BCUT2D eigenvalue weighted by Crippen LogP contribution is 2.11. The maximum Gasteiger partial charge on any atom is 0.254 e. The van der Waals surface area contributed by atoms with Gasteiger partial charge in [-0.1, -0.05) is 12.1 Å². The van der Waals surface area contributed by atoms with Crippen molar-refractivity contribution in [1.82, 2.24) is 5.32 Å². The van der Waals surface area contributed by atoms with Gasteiger partial charge in [-0.15, -0.1) is 0 Å². The van der Waals surface area contributed by atoms with Gasteiger partial charge >= 0.3 is 0 Å². The number of nitrogens with one attached hydrogen (secondary N) is 1. The summed E-state index contributed by atoms with van der Waals surface area (Å²) >= 11 is 0. The zero-order chi connectivity index (χ0) is 17.0. The molecule has 4 nitrogen and oxygen atoms in total. The van der Waals surface area contributed by atoms with Gasteiger partial charge in [0.25, 0.3) is 5.91 Å². The number of carbonyl (C=O) groups excluding carboxylic acids is 2. The van der Waals surface area contributed by atoms with Crippen molar-refractivity contribution in [2.45, 2.75) is 12.5 Å². The molecule has 0 aromatic heterocycles. The van der Waals surface area contributed by atoms with Crippen LogP contribution in [0.5, 0.6) is 0 Å². The van der Waals surface area contributed by atoms with Crippen molar-refractivity contribution in [1.29, 1.82) is 0 Å². The zero-order valence-corrected chi connectivity index (χ0v) is 11.9. The van der Waals surface area contributed by atoms with Gasteiger partial charge in [-0.3, -0.25) is 9.59 Å². The molecule has 2 aromatic rings. The summed E-state index contributed by atoms with van der Waals surface area (Å²) in [5.74, 6) is -4.04. The first-order valence-electron chi connectivity index (χ1n) is 6.66. The highest BCUT2D eigenvalue weighted by Gasteiger charge is 2.21. The summed E-state index contributed by atoms with van der Waals surface area (Å²) in [6.45, 7) is 0. The van der Waals surface area contributed by atoms with Gasteiger partial charge in [-0.2, -0.15) is 0 Å². The second-order valence-electron chi connectivity index (χ2n) is 4.88. The summed E-state index contributed by atoms with van der Waals surface area (Å²) in [4.78, 5) is 23.5. The Labute approximate surface area is 130 Å². The Hall–Kier alpha value is -2.83. The van der Waals surface area contributed by atoms with E-state index in [0.29, 0.717) is 11.6 Å². The van der Waals surface area contributed by atoms with Crippen molar-refractivity contribution >= 4 is 11.8 Å². The van der Waals surface area contributed by atoms with E-state index in [2.05, 4.69) is 5.32 Å². The third kappa shape index (κ3) is 4.32. The third-order valence-corrected chi connectivity index (χ3v) is 3.18. The predicted molar refractivity (Wildman–Crippen MR) is 76.9 cm³/mol. The molecule has 0 heterocycles. The molecule has 2 amide bonds. The van der Waals surface area contributed by atoms with Gasteiger partial charge in [0.15, 0.2) is 0 Å². The van der Waals surface area contributed by atoms with Crippen molar-refractivity contribution in [3.05, 3.63) is 71.0 Å². The molecule has 0 bridgehead atoms. The van der Waals surface area contributed by atoms with Gasteiger partial charge in [0.05, 0.1) is 5.56 Å². The number of amides is 2. The summed E-state index contributed by atoms with van der Waals surface area (Å²) in [6, 6.07) is 6.63. The lowest BCUT2D eigenvalue weighted by Crippen LogP contribution is -2.46. The Bertz CT molecular complexity index is 733. The summed E-state index contributed by atoms with van der Waals surface area (Å²) < 4.78 is 39.3. The Balaban J connectivity index is 2.14. The number of carbonyl (C=O) groups is 2. The number of nitrogens with two attached hydrogens (primary N) is 1. The van der Waals surface area contributed by atoms with E-state index in [9.17, 15) is 22.8 Å². The number of hydrogen-bond donors (Lipinski definition) is 2. The van der Waals surface area contributed by atoms with Crippen LogP contribution in [-0.4, -0.2) is 17.9 Å². The van der Waals surface area contributed by atoms with E-state index < -0.39 is 40.9 Å². The predicted octanol–water partition coefficient (Wildman–Crippen LogP) is 1.93. The van der Waals surface area contributed by atoms with Crippen LogP contribution < -0.4 is 11.1 Å². The smallest absolute Gasteiger partial charge is 0.254 e. The molecule has 7 heteroatoms. The minimum atomic E-state index is -1.11. The molecule has 0 spiro atoms. The van der Waals surface area contributed by atoms with Crippen LogP contribution in [0.4, 0.5) is 13.2 Å². The fourth-order valence-corrected chi connectivity index (χ4v) is 1.99. The first-order valence-corrected chi connectivity index (χ1v) is 6.66. The molecular weight excluding hydrogens is 309 g/mol. The maximum absolute atomic E-state index is 13.6. The second kappa shape index (κ2) is 6.95. The fourth-order valence-electron chi connectivity index (χ4n) is 1.99. The Morgan fingerprint density at radius 1 is 1.00 bits per heavy atom. The van der Waals surface area contributed by atoms with Crippen LogP contribution in [0.15, 0.2) is 42.5 Å². The average molecular weight is 322 g/mol. The number of benzene rings is 2.